The highest BCUT2D eigenvalue weighted by Gasteiger charge is 2.21. The molecule has 0 bridgehead atoms. The smallest absolute Gasteiger partial charge is 0.123 e. The van der Waals surface area contributed by atoms with Gasteiger partial charge >= 0.3 is 0 Å². The number of aryl methyl sites for hydroxylation is 2. The predicted molar refractivity (Wildman–Crippen MR) is 101 cm³/mol. The second kappa shape index (κ2) is 7.22. The Kier molecular flexibility index (Phi) is 5.50. The Labute approximate surface area is 148 Å². The van der Waals surface area contributed by atoms with Gasteiger partial charge in [0.05, 0.1) is 17.3 Å². The molecule has 0 aliphatic rings. The highest BCUT2D eigenvalue weighted by Crippen LogP contribution is 2.32. The number of nitrogens with zero attached hydrogens (tertiary/aromatic N) is 2. The van der Waals surface area contributed by atoms with Gasteiger partial charge in [-0.05, 0) is 56.2 Å². The maximum atomic E-state index is 13.2. The largest absolute Gasteiger partial charge is 0.366 e. The maximum Gasteiger partial charge on any atom is 0.123 e. The van der Waals surface area contributed by atoms with E-state index in [9.17, 15) is 4.39 Å². The molecule has 3 aromatic rings. The van der Waals surface area contributed by atoms with Gasteiger partial charge in [0.15, 0.2) is 0 Å². The van der Waals surface area contributed by atoms with Gasteiger partial charge in [-0.3, -0.25) is 4.98 Å². The number of aromatic amines is 1. The Morgan fingerprint density at radius 2 is 1.83 bits per heavy atom. The van der Waals surface area contributed by atoms with Gasteiger partial charge < -0.3 is 9.88 Å². The van der Waals surface area contributed by atoms with E-state index >= 15 is 0 Å². The molecule has 1 unspecified atom stereocenters. The van der Waals surface area contributed by atoms with Crippen molar-refractivity contribution in [2.45, 2.75) is 33.2 Å². The van der Waals surface area contributed by atoms with E-state index in [-0.39, 0.29) is 24.3 Å². The molecule has 1 atom stereocenters. The van der Waals surface area contributed by atoms with Crippen molar-refractivity contribution in [1.29, 1.82) is 0 Å². The van der Waals surface area contributed by atoms with Crippen LogP contribution in [0.5, 0.6) is 0 Å². The van der Waals surface area contributed by atoms with Crippen molar-refractivity contribution in [3.05, 3.63) is 59.3 Å². The quantitative estimate of drug-likeness (QED) is 0.691. The molecule has 2 heterocycles. The molecule has 1 aromatic carbocycles. The topological polar surface area (TPSA) is 31.9 Å². The van der Waals surface area contributed by atoms with Crippen LogP contribution in [-0.2, 0) is 0 Å². The number of halogens is 2. The van der Waals surface area contributed by atoms with Crippen molar-refractivity contribution in [2.24, 2.45) is 0 Å². The molecule has 0 aliphatic heterocycles. The van der Waals surface area contributed by atoms with E-state index in [1.54, 1.807) is 0 Å². The lowest BCUT2D eigenvalue weighted by atomic mass is 10.0. The zero-order chi connectivity index (χ0) is 16.6. The summed E-state index contributed by atoms with van der Waals surface area (Å²) in [7, 11) is 2.03. The third-order valence-electron chi connectivity index (χ3n) is 4.66. The van der Waals surface area contributed by atoms with Crippen molar-refractivity contribution < 1.29 is 4.39 Å². The van der Waals surface area contributed by atoms with Crippen molar-refractivity contribution in [3.8, 4) is 0 Å². The summed E-state index contributed by atoms with van der Waals surface area (Å²) in [6, 6.07) is 8.79. The Balaban J connectivity index is 0.00000208. The maximum absolute atomic E-state index is 13.2. The van der Waals surface area contributed by atoms with Crippen LogP contribution in [0.1, 0.15) is 36.3 Å². The van der Waals surface area contributed by atoms with Crippen LogP contribution < -0.4 is 4.90 Å². The number of hydrogen-bond acceptors (Lipinski definition) is 2. The minimum atomic E-state index is -0.217. The highest BCUT2D eigenvalue weighted by atomic mass is 35.5. The van der Waals surface area contributed by atoms with Gasteiger partial charge in [0.1, 0.15) is 5.82 Å². The Bertz CT molecular complexity index is 826. The van der Waals surface area contributed by atoms with Gasteiger partial charge in [-0.15, -0.1) is 12.4 Å². The summed E-state index contributed by atoms with van der Waals surface area (Å²) in [4.78, 5) is 10.3. The number of rotatable bonds is 4. The molecule has 0 aliphatic carbocycles. The molecule has 3 nitrogen and oxygen atoms in total. The average molecular weight is 348 g/mol. The van der Waals surface area contributed by atoms with E-state index in [2.05, 4.69) is 41.7 Å². The first-order valence-corrected chi connectivity index (χ1v) is 7.95. The zero-order valence-electron chi connectivity index (χ0n) is 14.4. The van der Waals surface area contributed by atoms with Crippen molar-refractivity contribution in [3.63, 3.8) is 0 Å². The number of H-pyrrole nitrogens is 1. The highest BCUT2D eigenvalue weighted by molar-refractivity contribution is 5.86. The summed E-state index contributed by atoms with van der Waals surface area (Å²) in [5, 5.41) is 1.22. The van der Waals surface area contributed by atoms with E-state index in [0.717, 1.165) is 23.3 Å². The SMILES string of the molecule is CCC(c1nccc2c(C)c(C)[nH]c12)N(C)c1ccc(F)cc1.Cl. The number of aromatic nitrogens is 2. The van der Waals surface area contributed by atoms with Crippen LogP contribution in [-0.4, -0.2) is 17.0 Å². The van der Waals surface area contributed by atoms with E-state index in [4.69, 9.17) is 0 Å². The molecule has 2 aromatic heterocycles. The van der Waals surface area contributed by atoms with E-state index in [1.165, 1.54) is 28.8 Å². The third kappa shape index (κ3) is 3.11. The third-order valence-corrected chi connectivity index (χ3v) is 4.66. The van der Waals surface area contributed by atoms with E-state index in [0.29, 0.717) is 0 Å². The van der Waals surface area contributed by atoms with Crippen LogP contribution in [0.3, 0.4) is 0 Å². The minimum Gasteiger partial charge on any atom is -0.366 e. The predicted octanol–water partition coefficient (Wildman–Crippen LogP) is 5.33. The summed E-state index contributed by atoms with van der Waals surface area (Å²) in [6.07, 6.45) is 2.79. The Morgan fingerprint density at radius 1 is 1.17 bits per heavy atom. The molecule has 0 radical (unpaired) electrons. The fourth-order valence-corrected chi connectivity index (χ4v) is 3.16. The molecular weight excluding hydrogens is 325 g/mol. The van der Waals surface area contributed by atoms with Gasteiger partial charge in [0, 0.05) is 30.0 Å². The zero-order valence-corrected chi connectivity index (χ0v) is 15.2. The van der Waals surface area contributed by atoms with Gasteiger partial charge in [0.25, 0.3) is 0 Å². The number of anilines is 1. The second-order valence-electron chi connectivity index (χ2n) is 6.01. The lowest BCUT2D eigenvalue weighted by molar-refractivity contribution is 0.621. The van der Waals surface area contributed by atoms with Crippen LogP contribution in [0.2, 0.25) is 0 Å². The molecule has 0 saturated heterocycles. The molecule has 0 amide bonds. The van der Waals surface area contributed by atoms with Crippen molar-refractivity contribution in [2.75, 3.05) is 11.9 Å². The Hall–Kier alpha value is -2.07. The monoisotopic (exact) mass is 347 g/mol. The molecule has 5 heteroatoms. The van der Waals surface area contributed by atoms with Gasteiger partial charge in [-0.25, -0.2) is 4.39 Å². The second-order valence-corrected chi connectivity index (χ2v) is 6.01. The molecule has 24 heavy (non-hydrogen) atoms. The standard InChI is InChI=1S/C19H22FN3.ClH/c1-5-17(23(4)15-8-6-14(20)7-9-15)19-18-16(10-11-21-19)12(2)13(3)22-18;/h6-11,17,22H,5H2,1-4H3;1H. The molecule has 0 spiro atoms. The number of benzene rings is 1. The van der Waals surface area contributed by atoms with Gasteiger partial charge in [0.2, 0.25) is 0 Å². The van der Waals surface area contributed by atoms with Crippen molar-refractivity contribution >= 4 is 29.0 Å². The molecule has 1 N–H and O–H groups in total. The molecule has 3 rings (SSSR count). The number of pyridine rings is 1. The number of nitrogens with one attached hydrogen (secondary N) is 1. The van der Waals surface area contributed by atoms with Gasteiger partial charge in [-0.2, -0.15) is 0 Å². The molecule has 0 saturated carbocycles. The normalized spacial score (nSPS) is 12.0. The van der Waals surface area contributed by atoms with Crippen LogP contribution in [0.4, 0.5) is 10.1 Å². The first-order chi connectivity index (χ1) is 11.0. The molecule has 128 valence electrons. The summed E-state index contributed by atoms with van der Waals surface area (Å²) >= 11 is 0. The summed E-state index contributed by atoms with van der Waals surface area (Å²) < 4.78 is 13.2. The summed E-state index contributed by atoms with van der Waals surface area (Å²) in [6.45, 7) is 6.36. The summed E-state index contributed by atoms with van der Waals surface area (Å²) in [5.41, 5.74) is 5.56. The van der Waals surface area contributed by atoms with Crippen LogP contribution in [0.15, 0.2) is 36.5 Å². The average Bonchev–Trinajstić information content (AvgIpc) is 2.85. The van der Waals surface area contributed by atoms with Crippen LogP contribution in [0.25, 0.3) is 10.9 Å². The van der Waals surface area contributed by atoms with Crippen LogP contribution in [0, 0.1) is 19.7 Å². The summed E-state index contributed by atoms with van der Waals surface area (Å²) in [5.74, 6) is -0.217. The fourth-order valence-electron chi connectivity index (χ4n) is 3.16. The van der Waals surface area contributed by atoms with Gasteiger partial charge in [-0.1, -0.05) is 6.92 Å². The Morgan fingerprint density at radius 3 is 2.46 bits per heavy atom. The van der Waals surface area contributed by atoms with E-state index < -0.39 is 0 Å². The molecular formula is C19H23ClFN3. The number of fused-ring (bicyclic) bond motifs is 1. The van der Waals surface area contributed by atoms with Crippen molar-refractivity contribution in [1.82, 2.24) is 9.97 Å². The number of hydrogen-bond donors (Lipinski definition) is 1. The lowest BCUT2D eigenvalue weighted by Crippen LogP contribution is -2.24. The van der Waals surface area contributed by atoms with E-state index in [1.807, 2.05) is 25.4 Å². The lowest BCUT2D eigenvalue weighted by Gasteiger charge is -2.29. The minimum absolute atomic E-state index is 0. The molecule has 0 fully saturated rings. The fraction of sp³-hybridized carbons (Fsp3) is 0.316. The first-order valence-electron chi connectivity index (χ1n) is 7.95. The first kappa shape index (κ1) is 18.3. The van der Waals surface area contributed by atoms with Crippen LogP contribution >= 0.6 is 12.4 Å².